The summed E-state index contributed by atoms with van der Waals surface area (Å²) in [6.07, 6.45) is 0. The van der Waals surface area contributed by atoms with E-state index in [1.165, 1.54) is 6.07 Å². The summed E-state index contributed by atoms with van der Waals surface area (Å²) in [5, 5.41) is 0. The van der Waals surface area contributed by atoms with Gasteiger partial charge in [-0.3, -0.25) is 0 Å². The number of hydrogen-bond donors (Lipinski definition) is 0. The van der Waals surface area contributed by atoms with Crippen LogP contribution in [0.5, 0.6) is 0 Å². The van der Waals surface area contributed by atoms with Crippen LogP contribution >= 0.6 is 15.9 Å². The summed E-state index contributed by atoms with van der Waals surface area (Å²) < 4.78 is 14.4. The second-order valence-electron chi connectivity index (χ2n) is 5.13. The topological polar surface area (TPSA) is 25.8 Å². The van der Waals surface area contributed by atoms with Crippen LogP contribution in [0.3, 0.4) is 0 Å². The van der Waals surface area contributed by atoms with Gasteiger partial charge in [-0.15, -0.1) is 0 Å². The van der Waals surface area contributed by atoms with Crippen LogP contribution in [0.1, 0.15) is 26.6 Å². The highest BCUT2D eigenvalue weighted by Crippen LogP contribution is 2.26. The van der Waals surface area contributed by atoms with Crippen LogP contribution in [0.15, 0.2) is 34.9 Å². The molecule has 0 atom stereocenters. The van der Waals surface area contributed by atoms with Gasteiger partial charge in [0.25, 0.3) is 0 Å². The highest BCUT2D eigenvalue weighted by atomic mass is 79.9. The Hall–Kier alpha value is -1.29. The van der Waals surface area contributed by atoms with Gasteiger partial charge < -0.3 is 0 Å². The maximum Gasteiger partial charge on any atom is 0.135 e. The van der Waals surface area contributed by atoms with Crippen molar-refractivity contribution >= 4 is 15.9 Å². The van der Waals surface area contributed by atoms with Gasteiger partial charge in [0.05, 0.1) is 5.69 Å². The lowest BCUT2D eigenvalue weighted by molar-refractivity contribution is 0.544. The first kappa shape index (κ1) is 13.1. The smallest absolute Gasteiger partial charge is 0.135 e. The Kier molecular flexibility index (Phi) is 3.48. The molecule has 0 saturated carbocycles. The molecule has 0 spiro atoms. The van der Waals surface area contributed by atoms with Gasteiger partial charge in [0.1, 0.15) is 16.2 Å². The Morgan fingerprint density at radius 2 is 1.78 bits per heavy atom. The molecule has 1 heterocycles. The van der Waals surface area contributed by atoms with Crippen LogP contribution < -0.4 is 0 Å². The number of benzene rings is 1. The predicted molar refractivity (Wildman–Crippen MR) is 73.8 cm³/mol. The normalized spacial score (nSPS) is 11.6. The fourth-order valence-electron chi connectivity index (χ4n) is 1.56. The van der Waals surface area contributed by atoms with Gasteiger partial charge in [0, 0.05) is 11.0 Å². The second kappa shape index (κ2) is 4.76. The van der Waals surface area contributed by atoms with Gasteiger partial charge in [-0.05, 0) is 34.1 Å². The molecule has 0 amide bonds. The molecule has 4 heteroatoms. The molecule has 0 bridgehead atoms. The Morgan fingerprint density at radius 3 is 2.39 bits per heavy atom. The van der Waals surface area contributed by atoms with E-state index in [1.54, 1.807) is 24.3 Å². The molecule has 0 saturated heterocycles. The van der Waals surface area contributed by atoms with Gasteiger partial charge in [-0.1, -0.05) is 32.9 Å². The zero-order valence-corrected chi connectivity index (χ0v) is 12.1. The highest BCUT2D eigenvalue weighted by molar-refractivity contribution is 9.10. The van der Waals surface area contributed by atoms with E-state index in [1.807, 2.05) is 20.8 Å². The maximum absolute atomic E-state index is 13.8. The first-order valence-corrected chi connectivity index (χ1v) is 6.47. The molecule has 0 unspecified atom stereocenters. The predicted octanol–water partition coefficient (Wildman–Crippen LogP) is 4.34. The minimum Gasteiger partial charge on any atom is -0.232 e. The molecule has 0 N–H and O–H groups in total. The van der Waals surface area contributed by atoms with E-state index in [4.69, 9.17) is 0 Å². The fourth-order valence-corrected chi connectivity index (χ4v) is 1.94. The third-order valence-electron chi connectivity index (χ3n) is 2.52. The lowest BCUT2D eigenvalue weighted by atomic mass is 9.95. The lowest BCUT2D eigenvalue weighted by Crippen LogP contribution is -2.16. The molecular weight excluding hydrogens is 295 g/mol. The Morgan fingerprint density at radius 1 is 1.11 bits per heavy atom. The van der Waals surface area contributed by atoms with E-state index in [0.717, 1.165) is 0 Å². The number of rotatable bonds is 1. The molecule has 0 aliphatic heterocycles. The summed E-state index contributed by atoms with van der Waals surface area (Å²) >= 11 is 3.35. The first-order chi connectivity index (χ1) is 8.38. The van der Waals surface area contributed by atoms with Crippen molar-refractivity contribution in [1.82, 2.24) is 9.97 Å². The van der Waals surface area contributed by atoms with E-state index in [9.17, 15) is 4.39 Å². The Labute approximate surface area is 114 Å². The number of aromatic nitrogens is 2. The molecule has 0 fully saturated rings. The summed E-state index contributed by atoms with van der Waals surface area (Å²) in [5.41, 5.74) is 0.912. The van der Waals surface area contributed by atoms with Crippen LogP contribution in [0.4, 0.5) is 4.39 Å². The number of nitrogens with zero attached hydrogens (tertiary/aromatic N) is 2. The summed E-state index contributed by atoms with van der Waals surface area (Å²) in [6.45, 7) is 6.08. The van der Waals surface area contributed by atoms with Crippen LogP contribution in [-0.4, -0.2) is 9.97 Å². The van der Waals surface area contributed by atoms with Gasteiger partial charge >= 0.3 is 0 Å². The summed E-state index contributed by atoms with van der Waals surface area (Å²) in [6, 6.07) is 8.34. The minimum atomic E-state index is -0.275. The molecular formula is C14H14BrFN2. The Bertz CT molecular complexity index is 576. The lowest BCUT2D eigenvalue weighted by Gasteiger charge is -2.17. The molecule has 0 aliphatic carbocycles. The van der Waals surface area contributed by atoms with Crippen molar-refractivity contribution in [2.45, 2.75) is 26.2 Å². The van der Waals surface area contributed by atoms with E-state index in [-0.39, 0.29) is 11.2 Å². The molecule has 1 aromatic heterocycles. The molecule has 2 aromatic rings. The van der Waals surface area contributed by atoms with Gasteiger partial charge in [-0.2, -0.15) is 0 Å². The van der Waals surface area contributed by atoms with Crippen LogP contribution in [0, 0.1) is 5.82 Å². The second-order valence-corrected chi connectivity index (χ2v) is 5.94. The maximum atomic E-state index is 13.8. The zero-order chi connectivity index (χ0) is 13.3. The van der Waals surface area contributed by atoms with Crippen molar-refractivity contribution in [2.24, 2.45) is 0 Å². The van der Waals surface area contributed by atoms with Crippen molar-refractivity contribution in [3.8, 4) is 11.3 Å². The largest absolute Gasteiger partial charge is 0.232 e. The SMILES string of the molecule is CC(C)(C)c1nc(Br)cc(-c2ccccc2F)n1. The number of hydrogen-bond acceptors (Lipinski definition) is 2. The molecule has 94 valence electrons. The fraction of sp³-hybridized carbons (Fsp3) is 0.286. The molecule has 1 aromatic carbocycles. The summed E-state index contributed by atoms with van der Waals surface area (Å²) in [7, 11) is 0. The van der Waals surface area contributed by atoms with Crippen LogP contribution in [0.25, 0.3) is 11.3 Å². The summed E-state index contributed by atoms with van der Waals surface area (Å²) in [4.78, 5) is 8.80. The van der Waals surface area contributed by atoms with Crippen molar-refractivity contribution in [3.05, 3.63) is 46.6 Å². The van der Waals surface area contributed by atoms with Crippen LogP contribution in [0.2, 0.25) is 0 Å². The summed E-state index contributed by atoms with van der Waals surface area (Å²) in [5.74, 6) is 0.415. The average Bonchev–Trinajstić information content (AvgIpc) is 2.27. The van der Waals surface area contributed by atoms with Gasteiger partial charge in [-0.25, -0.2) is 14.4 Å². The molecule has 2 rings (SSSR count). The van der Waals surface area contributed by atoms with E-state index in [2.05, 4.69) is 25.9 Å². The van der Waals surface area contributed by atoms with E-state index < -0.39 is 0 Å². The van der Waals surface area contributed by atoms with E-state index >= 15 is 0 Å². The standard InChI is InChI=1S/C14H14BrFN2/c1-14(2,3)13-17-11(8-12(15)18-13)9-6-4-5-7-10(9)16/h4-8H,1-3H3. The quantitative estimate of drug-likeness (QED) is 0.732. The van der Waals surface area contributed by atoms with Gasteiger partial charge in [0.2, 0.25) is 0 Å². The zero-order valence-electron chi connectivity index (χ0n) is 10.5. The first-order valence-electron chi connectivity index (χ1n) is 5.68. The third kappa shape index (κ3) is 2.75. The third-order valence-corrected chi connectivity index (χ3v) is 2.92. The van der Waals surface area contributed by atoms with Gasteiger partial charge in [0.15, 0.2) is 0 Å². The van der Waals surface area contributed by atoms with Crippen molar-refractivity contribution in [2.75, 3.05) is 0 Å². The van der Waals surface area contributed by atoms with Crippen molar-refractivity contribution in [1.29, 1.82) is 0 Å². The monoisotopic (exact) mass is 308 g/mol. The molecule has 2 nitrogen and oxygen atoms in total. The molecule has 0 radical (unpaired) electrons. The molecule has 18 heavy (non-hydrogen) atoms. The van der Waals surface area contributed by atoms with Crippen molar-refractivity contribution in [3.63, 3.8) is 0 Å². The van der Waals surface area contributed by atoms with E-state index in [0.29, 0.717) is 21.7 Å². The highest BCUT2D eigenvalue weighted by Gasteiger charge is 2.19. The molecule has 0 aliphatic rings. The van der Waals surface area contributed by atoms with Crippen molar-refractivity contribution < 1.29 is 4.39 Å². The average molecular weight is 309 g/mol. The minimum absolute atomic E-state index is 0.177. The Balaban J connectivity index is 2.60. The van der Waals surface area contributed by atoms with Crippen LogP contribution in [-0.2, 0) is 5.41 Å². The number of halogens is 2.